The highest BCUT2D eigenvalue weighted by Crippen LogP contribution is 2.32. The maximum absolute atomic E-state index is 6.09. The van der Waals surface area contributed by atoms with Gasteiger partial charge >= 0.3 is 0 Å². The Bertz CT molecular complexity index is 470. The van der Waals surface area contributed by atoms with Crippen LogP contribution in [0.15, 0.2) is 22.7 Å². The molecule has 1 saturated heterocycles. The fourth-order valence-electron chi connectivity index (χ4n) is 2.96. The van der Waals surface area contributed by atoms with Gasteiger partial charge in [-0.25, -0.2) is 0 Å². The van der Waals surface area contributed by atoms with E-state index >= 15 is 0 Å². The Morgan fingerprint density at radius 2 is 2.29 bits per heavy atom. The summed E-state index contributed by atoms with van der Waals surface area (Å²) in [4.78, 5) is 2.49. The molecule has 0 amide bonds. The molecule has 0 radical (unpaired) electrons. The molecule has 0 spiro atoms. The van der Waals surface area contributed by atoms with Crippen LogP contribution in [-0.2, 0) is 4.74 Å². The van der Waals surface area contributed by atoms with Crippen molar-refractivity contribution in [2.75, 3.05) is 26.8 Å². The molecular weight excluding hydrogens is 332 g/mol. The molecule has 0 bridgehead atoms. The van der Waals surface area contributed by atoms with Gasteiger partial charge in [-0.3, -0.25) is 4.90 Å². The Hall–Kier alpha value is -0.620. The second kappa shape index (κ2) is 7.58. The van der Waals surface area contributed by atoms with E-state index in [9.17, 15) is 0 Å². The number of morpholine rings is 1. The first-order valence-electron chi connectivity index (χ1n) is 7.51. The topological polar surface area (TPSA) is 47.7 Å². The molecule has 1 aliphatic rings. The van der Waals surface area contributed by atoms with Gasteiger partial charge in [-0.2, -0.15) is 0 Å². The zero-order valence-electron chi connectivity index (χ0n) is 13.0. The summed E-state index contributed by atoms with van der Waals surface area (Å²) in [6.07, 6.45) is 1.32. The minimum Gasteiger partial charge on any atom is -0.496 e. The van der Waals surface area contributed by atoms with Crippen molar-refractivity contribution in [2.24, 2.45) is 5.73 Å². The van der Waals surface area contributed by atoms with Gasteiger partial charge in [0.1, 0.15) is 5.75 Å². The van der Waals surface area contributed by atoms with Gasteiger partial charge in [0, 0.05) is 25.2 Å². The summed E-state index contributed by atoms with van der Waals surface area (Å²) in [6, 6.07) is 6.85. The first kappa shape index (κ1) is 16.7. The maximum atomic E-state index is 6.09. The lowest BCUT2D eigenvalue weighted by Crippen LogP contribution is -2.51. The van der Waals surface area contributed by atoms with E-state index in [1.807, 2.05) is 6.07 Å². The molecule has 3 unspecified atom stereocenters. The molecule has 5 heteroatoms. The molecule has 1 fully saturated rings. The van der Waals surface area contributed by atoms with Gasteiger partial charge in [-0.1, -0.05) is 13.0 Å². The van der Waals surface area contributed by atoms with Crippen LogP contribution in [0.3, 0.4) is 0 Å². The summed E-state index contributed by atoms with van der Waals surface area (Å²) in [5, 5.41) is 0. The number of hydrogen-bond donors (Lipinski definition) is 1. The zero-order valence-corrected chi connectivity index (χ0v) is 14.6. The average Bonchev–Trinajstić information content (AvgIpc) is 2.48. The van der Waals surface area contributed by atoms with Crippen LogP contribution >= 0.6 is 15.9 Å². The van der Waals surface area contributed by atoms with Gasteiger partial charge in [0.05, 0.1) is 24.3 Å². The number of rotatable bonds is 5. The Balaban J connectivity index is 2.26. The highest BCUT2D eigenvalue weighted by atomic mass is 79.9. The van der Waals surface area contributed by atoms with Gasteiger partial charge < -0.3 is 15.2 Å². The molecule has 0 saturated carbocycles. The highest BCUT2D eigenvalue weighted by molar-refractivity contribution is 9.10. The third-order valence-electron chi connectivity index (χ3n) is 4.17. The van der Waals surface area contributed by atoms with Crippen molar-refractivity contribution in [1.82, 2.24) is 4.90 Å². The van der Waals surface area contributed by atoms with Crippen LogP contribution in [-0.4, -0.2) is 43.9 Å². The van der Waals surface area contributed by atoms with Gasteiger partial charge in [-0.15, -0.1) is 0 Å². The molecule has 2 N–H and O–H groups in total. The SMILES string of the molecule is CCC1COC(C)CN1C(CN)c1ccc(OC)c(Br)c1. The lowest BCUT2D eigenvalue weighted by atomic mass is 10.0. The summed E-state index contributed by atoms with van der Waals surface area (Å²) in [5.74, 6) is 0.844. The first-order valence-corrected chi connectivity index (χ1v) is 8.30. The Kier molecular flexibility index (Phi) is 6.05. The number of hydrogen-bond acceptors (Lipinski definition) is 4. The van der Waals surface area contributed by atoms with Crippen LogP contribution in [0.2, 0.25) is 0 Å². The number of nitrogens with two attached hydrogens (primary N) is 1. The summed E-state index contributed by atoms with van der Waals surface area (Å²) >= 11 is 3.56. The molecule has 0 aromatic heterocycles. The zero-order chi connectivity index (χ0) is 15.4. The predicted octanol–water partition coefficient (Wildman–Crippen LogP) is 2.96. The molecule has 1 aromatic carbocycles. The van der Waals surface area contributed by atoms with Crippen molar-refractivity contribution >= 4 is 15.9 Å². The molecule has 3 atom stereocenters. The van der Waals surface area contributed by atoms with E-state index in [0.717, 1.165) is 29.8 Å². The van der Waals surface area contributed by atoms with E-state index in [2.05, 4.69) is 46.8 Å². The lowest BCUT2D eigenvalue weighted by molar-refractivity contribution is -0.0719. The quantitative estimate of drug-likeness (QED) is 0.880. The molecule has 1 aliphatic heterocycles. The van der Waals surface area contributed by atoms with Crippen molar-refractivity contribution in [3.8, 4) is 5.75 Å². The smallest absolute Gasteiger partial charge is 0.133 e. The van der Waals surface area contributed by atoms with Crippen LogP contribution in [0, 0.1) is 0 Å². The molecule has 0 aliphatic carbocycles. The van der Waals surface area contributed by atoms with Gasteiger partial charge in [0.25, 0.3) is 0 Å². The number of ether oxygens (including phenoxy) is 2. The highest BCUT2D eigenvalue weighted by Gasteiger charge is 2.31. The van der Waals surface area contributed by atoms with E-state index < -0.39 is 0 Å². The van der Waals surface area contributed by atoms with Crippen molar-refractivity contribution in [2.45, 2.75) is 38.5 Å². The van der Waals surface area contributed by atoms with Crippen molar-refractivity contribution < 1.29 is 9.47 Å². The minimum atomic E-state index is 0.212. The first-order chi connectivity index (χ1) is 10.1. The molecular formula is C16H25BrN2O2. The molecule has 1 aromatic rings. The van der Waals surface area contributed by atoms with Crippen molar-refractivity contribution in [3.63, 3.8) is 0 Å². The number of halogens is 1. The molecule has 4 nitrogen and oxygen atoms in total. The lowest BCUT2D eigenvalue weighted by Gasteiger charge is -2.43. The fraction of sp³-hybridized carbons (Fsp3) is 0.625. The summed E-state index contributed by atoms with van der Waals surface area (Å²) in [5.41, 5.74) is 7.31. The van der Waals surface area contributed by atoms with Crippen LogP contribution in [0.5, 0.6) is 5.75 Å². The summed E-state index contributed by atoms with van der Waals surface area (Å²) < 4.78 is 12.1. The van der Waals surface area contributed by atoms with Crippen LogP contribution in [0.25, 0.3) is 0 Å². The van der Waals surface area contributed by atoms with E-state index in [-0.39, 0.29) is 12.1 Å². The maximum Gasteiger partial charge on any atom is 0.133 e. The van der Waals surface area contributed by atoms with Gasteiger partial charge in [0.2, 0.25) is 0 Å². The fourth-order valence-corrected chi connectivity index (χ4v) is 3.52. The third-order valence-corrected chi connectivity index (χ3v) is 4.79. The largest absolute Gasteiger partial charge is 0.496 e. The normalized spacial score (nSPS) is 24.8. The molecule has 21 heavy (non-hydrogen) atoms. The van der Waals surface area contributed by atoms with Crippen LogP contribution in [0.1, 0.15) is 31.9 Å². The summed E-state index contributed by atoms with van der Waals surface area (Å²) in [6.45, 7) is 6.63. The predicted molar refractivity (Wildman–Crippen MR) is 88.7 cm³/mol. The van der Waals surface area contributed by atoms with Gasteiger partial charge in [0.15, 0.2) is 0 Å². The van der Waals surface area contributed by atoms with E-state index in [0.29, 0.717) is 12.6 Å². The minimum absolute atomic E-state index is 0.212. The number of nitrogens with zero attached hydrogens (tertiary/aromatic N) is 1. The second-order valence-corrected chi connectivity index (χ2v) is 6.40. The average molecular weight is 357 g/mol. The van der Waals surface area contributed by atoms with Crippen molar-refractivity contribution in [1.29, 1.82) is 0 Å². The Labute approximate surface area is 135 Å². The van der Waals surface area contributed by atoms with E-state index in [4.69, 9.17) is 15.2 Å². The number of methoxy groups -OCH3 is 1. The third kappa shape index (κ3) is 3.77. The summed E-state index contributed by atoms with van der Waals surface area (Å²) in [7, 11) is 1.68. The van der Waals surface area contributed by atoms with E-state index in [1.165, 1.54) is 5.56 Å². The van der Waals surface area contributed by atoms with Crippen LogP contribution < -0.4 is 10.5 Å². The molecule has 2 rings (SSSR count). The second-order valence-electron chi connectivity index (χ2n) is 5.55. The Morgan fingerprint density at radius 1 is 1.52 bits per heavy atom. The Morgan fingerprint density at radius 3 is 2.86 bits per heavy atom. The molecule has 118 valence electrons. The van der Waals surface area contributed by atoms with Crippen molar-refractivity contribution in [3.05, 3.63) is 28.2 Å². The van der Waals surface area contributed by atoms with E-state index in [1.54, 1.807) is 7.11 Å². The van der Waals surface area contributed by atoms with Crippen LogP contribution in [0.4, 0.5) is 0 Å². The van der Waals surface area contributed by atoms with Gasteiger partial charge in [-0.05, 0) is 47.0 Å². The standard InChI is InChI=1S/C16H25BrN2O2/c1-4-13-10-21-11(2)9-19(13)15(8-18)12-5-6-16(20-3)14(17)7-12/h5-7,11,13,15H,4,8-10,18H2,1-3H3. The number of benzene rings is 1. The monoisotopic (exact) mass is 356 g/mol. The molecule has 1 heterocycles.